The van der Waals surface area contributed by atoms with Crippen LogP contribution in [0.2, 0.25) is 0 Å². The van der Waals surface area contributed by atoms with E-state index in [9.17, 15) is 9.59 Å². The Morgan fingerprint density at radius 3 is 2.62 bits per heavy atom. The highest BCUT2D eigenvalue weighted by Crippen LogP contribution is 1.98. The predicted molar refractivity (Wildman–Crippen MR) is 84.6 cm³/mol. The molecule has 0 heterocycles. The van der Waals surface area contributed by atoms with Crippen LogP contribution >= 0.6 is 0 Å². The Kier molecular flexibility index (Phi) is 8.12. The first kappa shape index (κ1) is 17.2. The molecular weight excluding hydrogens is 268 g/mol. The lowest BCUT2D eigenvalue weighted by atomic mass is 10.3. The minimum absolute atomic E-state index is 0.0881. The quantitative estimate of drug-likeness (QED) is 0.703. The van der Waals surface area contributed by atoms with E-state index in [0.717, 1.165) is 19.6 Å². The van der Waals surface area contributed by atoms with Crippen molar-refractivity contribution >= 4 is 11.7 Å². The largest absolute Gasteiger partial charge is 0.464 e. The van der Waals surface area contributed by atoms with Crippen LogP contribution in [0.25, 0.3) is 0 Å². The molecule has 0 saturated carbocycles. The molecule has 0 fully saturated rings. The van der Waals surface area contributed by atoms with Crippen LogP contribution in [-0.2, 0) is 9.53 Å². The molecule has 0 saturated heterocycles. The first-order chi connectivity index (χ1) is 10.2. The molecular formula is C16H24N2O3. The predicted octanol–water partition coefficient (Wildman–Crippen LogP) is 1.73. The van der Waals surface area contributed by atoms with Crippen molar-refractivity contribution in [1.82, 2.24) is 4.90 Å². The molecule has 0 spiro atoms. The second-order valence-corrected chi connectivity index (χ2v) is 4.61. The fraction of sp³-hybridized carbons (Fsp3) is 0.500. The zero-order valence-corrected chi connectivity index (χ0v) is 12.8. The molecule has 0 aromatic heterocycles. The van der Waals surface area contributed by atoms with Gasteiger partial charge in [0.15, 0.2) is 0 Å². The van der Waals surface area contributed by atoms with Gasteiger partial charge in [-0.25, -0.2) is 0 Å². The summed E-state index contributed by atoms with van der Waals surface area (Å²) >= 11 is 0. The molecule has 5 heteroatoms. The van der Waals surface area contributed by atoms with E-state index in [0.29, 0.717) is 18.8 Å². The normalized spacial score (nSPS) is 10.4. The Morgan fingerprint density at radius 1 is 1.19 bits per heavy atom. The van der Waals surface area contributed by atoms with Crippen LogP contribution in [0.1, 0.15) is 20.3 Å². The highest BCUT2D eigenvalue weighted by atomic mass is 16.5. The molecule has 1 rings (SSSR count). The monoisotopic (exact) mass is 292 g/mol. The lowest BCUT2D eigenvalue weighted by Crippen LogP contribution is -2.28. The summed E-state index contributed by atoms with van der Waals surface area (Å²) in [6, 6.07) is 8.45. The van der Waals surface area contributed by atoms with Gasteiger partial charge in [0.1, 0.15) is 6.61 Å². The van der Waals surface area contributed by atoms with Gasteiger partial charge in [-0.3, -0.25) is 9.59 Å². The summed E-state index contributed by atoms with van der Waals surface area (Å²) in [6.45, 7) is 7.62. The minimum Gasteiger partial charge on any atom is -0.464 e. The molecule has 1 aromatic carbocycles. The van der Waals surface area contributed by atoms with Gasteiger partial charge in [0.05, 0.1) is 12.1 Å². The van der Waals surface area contributed by atoms with E-state index in [4.69, 9.17) is 4.74 Å². The van der Waals surface area contributed by atoms with Crippen LogP contribution in [0, 0.1) is 0 Å². The standard InChI is InChI=1S/C16H24N2O3/c1-3-18(4-2)12-13-21-16(20)10-11-17-14-8-6-5-7-9-15(14)19/h5-9H,3-4,10-13H2,1-2H3,(H,17,19). The average molecular weight is 292 g/mol. The minimum atomic E-state index is -0.248. The number of rotatable bonds is 9. The molecule has 0 aliphatic rings. The zero-order valence-electron chi connectivity index (χ0n) is 12.8. The fourth-order valence-corrected chi connectivity index (χ4v) is 1.88. The molecule has 0 radical (unpaired) electrons. The topological polar surface area (TPSA) is 58.6 Å². The number of hydrogen-bond acceptors (Lipinski definition) is 5. The third-order valence-electron chi connectivity index (χ3n) is 3.21. The van der Waals surface area contributed by atoms with Crippen LogP contribution in [-0.4, -0.2) is 43.7 Å². The number of likely N-dealkylation sites (N-methyl/N-ethyl adjacent to an activating group) is 1. The summed E-state index contributed by atoms with van der Waals surface area (Å²) in [6.07, 6.45) is 0.246. The second-order valence-electron chi connectivity index (χ2n) is 4.61. The first-order valence-electron chi connectivity index (χ1n) is 7.38. The molecule has 116 valence electrons. The summed E-state index contributed by atoms with van der Waals surface area (Å²) in [7, 11) is 0. The Labute approximate surface area is 125 Å². The van der Waals surface area contributed by atoms with E-state index in [2.05, 4.69) is 24.1 Å². The van der Waals surface area contributed by atoms with Crippen LogP contribution in [0.4, 0.5) is 5.69 Å². The average Bonchev–Trinajstić information content (AvgIpc) is 2.69. The van der Waals surface area contributed by atoms with Crippen molar-refractivity contribution in [2.75, 3.05) is 38.1 Å². The van der Waals surface area contributed by atoms with Gasteiger partial charge in [0.25, 0.3) is 0 Å². The number of anilines is 1. The lowest BCUT2D eigenvalue weighted by molar-refractivity contribution is -0.143. The molecule has 0 aliphatic carbocycles. The number of nitrogens with one attached hydrogen (secondary N) is 1. The molecule has 21 heavy (non-hydrogen) atoms. The molecule has 0 unspecified atom stereocenters. The van der Waals surface area contributed by atoms with Gasteiger partial charge in [-0.05, 0) is 25.2 Å². The summed E-state index contributed by atoms with van der Waals surface area (Å²) in [5.41, 5.74) is 0.408. The van der Waals surface area contributed by atoms with Gasteiger partial charge < -0.3 is 15.0 Å². The molecule has 0 atom stereocenters. The fourth-order valence-electron chi connectivity index (χ4n) is 1.88. The second kappa shape index (κ2) is 9.94. The summed E-state index contributed by atoms with van der Waals surface area (Å²) in [5.74, 6) is -0.248. The number of hydrogen-bond donors (Lipinski definition) is 1. The van der Waals surface area contributed by atoms with Crippen molar-refractivity contribution in [2.24, 2.45) is 0 Å². The van der Waals surface area contributed by atoms with Crippen LogP contribution in [0.3, 0.4) is 0 Å². The number of esters is 1. The van der Waals surface area contributed by atoms with E-state index < -0.39 is 0 Å². The van der Waals surface area contributed by atoms with Crippen molar-refractivity contribution in [3.8, 4) is 0 Å². The van der Waals surface area contributed by atoms with Gasteiger partial charge in [-0.2, -0.15) is 0 Å². The van der Waals surface area contributed by atoms with Gasteiger partial charge in [-0.15, -0.1) is 0 Å². The third-order valence-corrected chi connectivity index (χ3v) is 3.21. The van der Waals surface area contributed by atoms with Crippen molar-refractivity contribution in [3.63, 3.8) is 0 Å². The molecule has 5 nitrogen and oxygen atoms in total. The van der Waals surface area contributed by atoms with E-state index in [-0.39, 0.29) is 17.8 Å². The molecule has 0 bridgehead atoms. The number of carbonyl (C=O) groups is 1. The van der Waals surface area contributed by atoms with Crippen molar-refractivity contribution in [1.29, 1.82) is 0 Å². The van der Waals surface area contributed by atoms with Gasteiger partial charge >= 0.3 is 5.97 Å². The van der Waals surface area contributed by atoms with Crippen molar-refractivity contribution in [2.45, 2.75) is 20.3 Å². The van der Waals surface area contributed by atoms with Gasteiger partial charge in [-0.1, -0.05) is 32.0 Å². The van der Waals surface area contributed by atoms with Crippen LogP contribution in [0.5, 0.6) is 0 Å². The Bertz CT molecular complexity index is 487. The Hall–Kier alpha value is -1.88. The van der Waals surface area contributed by atoms with Gasteiger partial charge in [0.2, 0.25) is 5.43 Å². The first-order valence-corrected chi connectivity index (χ1v) is 7.38. The summed E-state index contributed by atoms with van der Waals surface area (Å²) in [5, 5.41) is 2.96. The maximum absolute atomic E-state index is 11.6. The molecule has 0 aliphatic heterocycles. The Balaban J connectivity index is 2.25. The SMILES string of the molecule is CCN(CC)CCOC(=O)CCNc1cccccc1=O. The smallest absolute Gasteiger partial charge is 0.307 e. The molecule has 1 N–H and O–H groups in total. The van der Waals surface area contributed by atoms with Crippen molar-refractivity contribution in [3.05, 3.63) is 40.6 Å². The maximum atomic E-state index is 11.6. The number of nitrogens with zero attached hydrogens (tertiary/aromatic N) is 1. The summed E-state index contributed by atoms with van der Waals surface area (Å²) in [4.78, 5) is 25.4. The van der Waals surface area contributed by atoms with Gasteiger partial charge in [0, 0.05) is 13.1 Å². The lowest BCUT2D eigenvalue weighted by Gasteiger charge is -2.17. The highest BCUT2D eigenvalue weighted by molar-refractivity contribution is 5.70. The highest BCUT2D eigenvalue weighted by Gasteiger charge is 2.05. The van der Waals surface area contributed by atoms with Crippen LogP contribution < -0.4 is 10.7 Å². The molecule has 0 amide bonds. The molecule has 1 aromatic rings. The van der Waals surface area contributed by atoms with E-state index >= 15 is 0 Å². The van der Waals surface area contributed by atoms with Crippen molar-refractivity contribution < 1.29 is 9.53 Å². The number of carbonyl (C=O) groups excluding carboxylic acids is 1. The zero-order chi connectivity index (χ0) is 15.5. The summed E-state index contributed by atoms with van der Waals surface area (Å²) < 4.78 is 5.16. The van der Waals surface area contributed by atoms with E-state index in [1.807, 2.05) is 0 Å². The maximum Gasteiger partial charge on any atom is 0.307 e. The Morgan fingerprint density at radius 2 is 1.90 bits per heavy atom. The van der Waals surface area contributed by atoms with Crippen LogP contribution in [0.15, 0.2) is 35.1 Å². The van der Waals surface area contributed by atoms with E-state index in [1.165, 1.54) is 6.07 Å². The third kappa shape index (κ3) is 6.90. The van der Waals surface area contributed by atoms with E-state index in [1.54, 1.807) is 24.3 Å². The number of ether oxygens (including phenoxy) is 1.